The first-order chi connectivity index (χ1) is 7.69. The van der Waals surface area contributed by atoms with E-state index >= 15 is 0 Å². The number of fused-ring (bicyclic) bond motifs is 1. The summed E-state index contributed by atoms with van der Waals surface area (Å²) < 4.78 is 16.2. The first-order valence-electron chi connectivity index (χ1n) is 4.87. The van der Waals surface area contributed by atoms with Gasteiger partial charge in [0.15, 0.2) is 17.1 Å². The van der Waals surface area contributed by atoms with Crippen molar-refractivity contribution in [1.82, 2.24) is 0 Å². The van der Waals surface area contributed by atoms with Crippen LogP contribution in [0.25, 0.3) is 0 Å². The van der Waals surface area contributed by atoms with Gasteiger partial charge in [-0.2, -0.15) is 0 Å². The molecule has 1 aromatic rings. The number of nitro groups is 1. The summed E-state index contributed by atoms with van der Waals surface area (Å²) in [4.78, 5) is 10.1. The van der Waals surface area contributed by atoms with E-state index in [1.54, 1.807) is 6.07 Å². The van der Waals surface area contributed by atoms with Crippen molar-refractivity contribution in [3.63, 3.8) is 0 Å². The van der Waals surface area contributed by atoms with Gasteiger partial charge in [0.2, 0.25) is 0 Å². The van der Waals surface area contributed by atoms with Gasteiger partial charge in [-0.05, 0) is 6.07 Å². The molecular weight excluding hydrogens is 214 g/mol. The summed E-state index contributed by atoms with van der Waals surface area (Å²) in [5, 5.41) is 10.6. The Morgan fingerprint density at radius 1 is 1.19 bits per heavy atom. The van der Waals surface area contributed by atoms with Crippen LogP contribution >= 0.6 is 0 Å². The highest BCUT2D eigenvalue weighted by Crippen LogP contribution is 2.38. The fraction of sp³-hybridized carbons (Fsp3) is 0.400. The number of ether oxygens (including phenoxy) is 3. The lowest BCUT2D eigenvalue weighted by molar-refractivity contribution is -0.385. The quantitative estimate of drug-likeness (QED) is 0.405. The molecule has 1 fully saturated rings. The number of benzene rings is 1. The average Bonchev–Trinajstić information content (AvgIpc) is 3.07. The van der Waals surface area contributed by atoms with Gasteiger partial charge in [0.1, 0.15) is 13.2 Å². The van der Waals surface area contributed by atoms with Gasteiger partial charge in [0.25, 0.3) is 5.69 Å². The van der Waals surface area contributed by atoms with Gasteiger partial charge >= 0.3 is 0 Å². The summed E-state index contributed by atoms with van der Waals surface area (Å²) in [5.41, 5.74) is -0.344. The molecule has 1 unspecified atom stereocenters. The molecule has 0 radical (unpaired) electrons. The highest BCUT2D eigenvalue weighted by atomic mass is 16.7. The molecule has 0 aliphatic carbocycles. The van der Waals surface area contributed by atoms with Crippen LogP contribution in [-0.2, 0) is 4.74 Å². The fourth-order valence-electron chi connectivity index (χ4n) is 1.57. The van der Waals surface area contributed by atoms with Gasteiger partial charge in [0, 0.05) is 6.07 Å². The molecule has 2 heterocycles. The van der Waals surface area contributed by atoms with Crippen LogP contribution in [0.4, 0.5) is 5.69 Å². The lowest BCUT2D eigenvalue weighted by Crippen LogP contribution is -2.26. The Morgan fingerprint density at radius 2 is 1.88 bits per heavy atom. The standard InChI is InChI=1S/C10H9NO5/c12-11(13)7-1-2-8-9(3-7)15-5-10(4-14-8)6-16-10/h1-3H,4-6H2. The topological polar surface area (TPSA) is 74.1 Å². The second-order valence-electron chi connectivity index (χ2n) is 3.94. The first-order valence-corrected chi connectivity index (χ1v) is 4.87. The third-order valence-electron chi connectivity index (χ3n) is 2.67. The minimum atomic E-state index is -0.460. The molecule has 2 aliphatic rings. The van der Waals surface area contributed by atoms with E-state index in [4.69, 9.17) is 14.2 Å². The number of nitro benzene ring substituents is 1. The Hall–Kier alpha value is -1.82. The predicted molar refractivity (Wildman–Crippen MR) is 52.8 cm³/mol. The van der Waals surface area contributed by atoms with Crippen molar-refractivity contribution in [1.29, 1.82) is 0 Å². The number of epoxide rings is 1. The maximum Gasteiger partial charge on any atom is 0.273 e. The van der Waals surface area contributed by atoms with Crippen molar-refractivity contribution in [3.05, 3.63) is 28.3 Å². The minimum absolute atomic E-state index is 0.00462. The molecule has 1 saturated heterocycles. The van der Waals surface area contributed by atoms with Gasteiger partial charge in [0.05, 0.1) is 17.6 Å². The highest BCUT2D eigenvalue weighted by Gasteiger charge is 2.48. The minimum Gasteiger partial charge on any atom is -0.486 e. The predicted octanol–water partition coefficient (Wildman–Crippen LogP) is 1.13. The van der Waals surface area contributed by atoms with Crippen LogP contribution in [0.15, 0.2) is 18.2 Å². The second-order valence-corrected chi connectivity index (χ2v) is 3.94. The van der Waals surface area contributed by atoms with E-state index in [-0.39, 0.29) is 11.3 Å². The van der Waals surface area contributed by atoms with E-state index in [2.05, 4.69) is 0 Å². The fourth-order valence-corrected chi connectivity index (χ4v) is 1.57. The summed E-state index contributed by atoms with van der Waals surface area (Å²) in [7, 11) is 0. The maximum absolute atomic E-state index is 10.6. The number of hydrogen-bond donors (Lipinski definition) is 0. The van der Waals surface area contributed by atoms with Crippen molar-refractivity contribution in [2.75, 3.05) is 19.8 Å². The van der Waals surface area contributed by atoms with Crippen LogP contribution in [0.3, 0.4) is 0 Å². The van der Waals surface area contributed by atoms with Gasteiger partial charge in [-0.15, -0.1) is 0 Å². The molecule has 3 rings (SSSR count). The van der Waals surface area contributed by atoms with Crippen LogP contribution in [0.5, 0.6) is 11.5 Å². The smallest absolute Gasteiger partial charge is 0.273 e. The summed E-state index contributed by atoms with van der Waals surface area (Å²) in [6.07, 6.45) is 0. The summed E-state index contributed by atoms with van der Waals surface area (Å²) in [6, 6.07) is 4.32. The Morgan fingerprint density at radius 3 is 2.50 bits per heavy atom. The molecule has 0 bridgehead atoms. The molecule has 0 amide bonds. The summed E-state index contributed by atoms with van der Waals surface area (Å²) in [5.74, 6) is 0.930. The molecule has 0 saturated carbocycles. The van der Waals surface area contributed by atoms with Gasteiger partial charge < -0.3 is 14.2 Å². The zero-order valence-corrected chi connectivity index (χ0v) is 8.34. The largest absolute Gasteiger partial charge is 0.486 e. The van der Waals surface area contributed by atoms with E-state index in [0.29, 0.717) is 31.3 Å². The third-order valence-corrected chi connectivity index (χ3v) is 2.67. The first kappa shape index (κ1) is 9.41. The molecular formula is C10H9NO5. The van der Waals surface area contributed by atoms with Crippen molar-refractivity contribution in [3.8, 4) is 11.5 Å². The van der Waals surface area contributed by atoms with E-state index < -0.39 is 4.92 Å². The van der Waals surface area contributed by atoms with Crippen LogP contribution in [0.2, 0.25) is 0 Å². The summed E-state index contributed by atoms with van der Waals surface area (Å²) in [6.45, 7) is 1.42. The van der Waals surface area contributed by atoms with Crippen molar-refractivity contribution in [2.45, 2.75) is 5.60 Å². The van der Waals surface area contributed by atoms with Crippen LogP contribution in [-0.4, -0.2) is 30.3 Å². The number of non-ortho nitro benzene ring substituents is 1. The second kappa shape index (κ2) is 3.08. The molecule has 1 atom stereocenters. The van der Waals surface area contributed by atoms with Crippen LogP contribution < -0.4 is 9.47 Å². The molecule has 2 aliphatic heterocycles. The zero-order chi connectivity index (χ0) is 11.2. The lowest BCUT2D eigenvalue weighted by Gasteiger charge is -2.05. The molecule has 6 heteroatoms. The normalized spacial score (nSPS) is 26.2. The summed E-state index contributed by atoms with van der Waals surface area (Å²) >= 11 is 0. The lowest BCUT2D eigenvalue weighted by atomic mass is 10.2. The van der Waals surface area contributed by atoms with E-state index in [9.17, 15) is 10.1 Å². The van der Waals surface area contributed by atoms with Gasteiger partial charge in [-0.1, -0.05) is 0 Å². The molecule has 16 heavy (non-hydrogen) atoms. The number of hydrogen-bond acceptors (Lipinski definition) is 5. The number of rotatable bonds is 1. The van der Waals surface area contributed by atoms with E-state index in [1.165, 1.54) is 12.1 Å². The van der Waals surface area contributed by atoms with Crippen LogP contribution in [0.1, 0.15) is 0 Å². The monoisotopic (exact) mass is 223 g/mol. The molecule has 0 aromatic heterocycles. The maximum atomic E-state index is 10.6. The van der Waals surface area contributed by atoms with Crippen LogP contribution in [0, 0.1) is 10.1 Å². The highest BCUT2D eigenvalue weighted by molar-refractivity contribution is 5.49. The molecule has 1 spiro atoms. The van der Waals surface area contributed by atoms with Crippen molar-refractivity contribution in [2.24, 2.45) is 0 Å². The van der Waals surface area contributed by atoms with E-state index in [1.807, 2.05) is 0 Å². The number of nitrogens with zero attached hydrogens (tertiary/aromatic N) is 1. The van der Waals surface area contributed by atoms with E-state index in [0.717, 1.165) is 0 Å². The molecule has 84 valence electrons. The zero-order valence-electron chi connectivity index (χ0n) is 8.34. The Kier molecular flexibility index (Phi) is 1.81. The van der Waals surface area contributed by atoms with Gasteiger partial charge in [-0.3, -0.25) is 10.1 Å². The van der Waals surface area contributed by atoms with Crippen molar-refractivity contribution < 1.29 is 19.1 Å². The third kappa shape index (κ3) is 1.47. The Bertz CT molecular complexity index is 455. The average molecular weight is 223 g/mol. The Labute approximate surface area is 90.9 Å². The Balaban J connectivity index is 1.92. The molecule has 0 N–H and O–H groups in total. The SMILES string of the molecule is O=[N+]([O-])c1ccc2c(c1)OCC1(CO2)CO1. The van der Waals surface area contributed by atoms with Gasteiger partial charge in [-0.25, -0.2) is 0 Å². The molecule has 6 nitrogen and oxygen atoms in total. The molecule has 1 aromatic carbocycles. The van der Waals surface area contributed by atoms with Crippen molar-refractivity contribution >= 4 is 5.69 Å².